The maximum absolute atomic E-state index is 13.0. The molecule has 2 aromatic carbocycles. The normalized spacial score (nSPS) is 17.7. The first kappa shape index (κ1) is 21.3. The Labute approximate surface area is 170 Å². The van der Waals surface area contributed by atoms with Crippen molar-refractivity contribution in [2.75, 3.05) is 18.5 Å². The molecule has 8 heteroatoms. The largest absolute Gasteiger partial charge is 0.484 e. The zero-order valence-corrected chi connectivity index (χ0v) is 17.1. The molecule has 1 aliphatic rings. The summed E-state index contributed by atoms with van der Waals surface area (Å²) < 4.78 is 45.7. The van der Waals surface area contributed by atoms with Gasteiger partial charge >= 0.3 is 0 Å². The van der Waals surface area contributed by atoms with Crippen molar-refractivity contribution in [1.82, 2.24) is 4.31 Å². The second kappa shape index (κ2) is 9.37. The van der Waals surface area contributed by atoms with E-state index in [1.807, 2.05) is 6.92 Å². The predicted molar refractivity (Wildman–Crippen MR) is 109 cm³/mol. The van der Waals surface area contributed by atoms with Crippen LogP contribution in [0.2, 0.25) is 0 Å². The van der Waals surface area contributed by atoms with Crippen LogP contribution in [0, 0.1) is 5.82 Å². The zero-order chi connectivity index (χ0) is 20.9. The number of ether oxygens (including phenoxy) is 1. The van der Waals surface area contributed by atoms with Crippen molar-refractivity contribution in [3.05, 3.63) is 54.3 Å². The fourth-order valence-electron chi connectivity index (χ4n) is 3.42. The molecule has 1 atom stereocenters. The third kappa shape index (κ3) is 5.33. The number of nitrogens with zero attached hydrogens (tertiary/aromatic N) is 1. The number of hydrogen-bond acceptors (Lipinski definition) is 4. The van der Waals surface area contributed by atoms with Crippen molar-refractivity contribution in [3.8, 4) is 5.75 Å². The number of nitrogens with one attached hydrogen (secondary N) is 1. The van der Waals surface area contributed by atoms with Gasteiger partial charge in [0, 0.05) is 18.3 Å². The molecule has 1 heterocycles. The minimum Gasteiger partial charge on any atom is -0.484 e. The predicted octanol–water partition coefficient (Wildman–Crippen LogP) is 3.80. The highest BCUT2D eigenvalue weighted by molar-refractivity contribution is 7.89. The van der Waals surface area contributed by atoms with Gasteiger partial charge in [0.2, 0.25) is 10.0 Å². The van der Waals surface area contributed by atoms with Crippen LogP contribution in [-0.2, 0) is 14.8 Å². The molecule has 0 radical (unpaired) electrons. The highest BCUT2D eigenvalue weighted by Crippen LogP contribution is 2.27. The van der Waals surface area contributed by atoms with Crippen LogP contribution in [0.3, 0.4) is 0 Å². The molecule has 0 bridgehead atoms. The molecule has 29 heavy (non-hydrogen) atoms. The van der Waals surface area contributed by atoms with Crippen molar-refractivity contribution in [2.24, 2.45) is 0 Å². The number of sulfonamides is 1. The summed E-state index contributed by atoms with van der Waals surface area (Å²) in [5, 5.41) is 2.66. The van der Waals surface area contributed by atoms with Gasteiger partial charge in [0.25, 0.3) is 5.91 Å². The highest BCUT2D eigenvalue weighted by atomic mass is 32.2. The number of benzene rings is 2. The summed E-state index contributed by atoms with van der Waals surface area (Å²) in [6.07, 6.45) is 3.60. The van der Waals surface area contributed by atoms with E-state index in [0.717, 1.165) is 25.7 Å². The second-order valence-corrected chi connectivity index (χ2v) is 8.88. The lowest BCUT2D eigenvalue weighted by Gasteiger charge is -2.34. The van der Waals surface area contributed by atoms with E-state index in [0.29, 0.717) is 18.0 Å². The first-order valence-corrected chi connectivity index (χ1v) is 11.1. The Morgan fingerprint density at radius 1 is 1.14 bits per heavy atom. The summed E-state index contributed by atoms with van der Waals surface area (Å²) >= 11 is 0. The van der Waals surface area contributed by atoms with Crippen LogP contribution < -0.4 is 10.1 Å². The molecule has 0 spiro atoms. The summed E-state index contributed by atoms with van der Waals surface area (Å²) in [6, 6.07) is 11.5. The summed E-state index contributed by atoms with van der Waals surface area (Å²) in [5.41, 5.74) is 0.474. The van der Waals surface area contributed by atoms with Gasteiger partial charge in [-0.25, -0.2) is 12.8 Å². The number of hydrogen-bond donors (Lipinski definition) is 1. The van der Waals surface area contributed by atoms with E-state index in [1.165, 1.54) is 36.4 Å². The Morgan fingerprint density at radius 3 is 2.48 bits per heavy atom. The third-order valence-corrected chi connectivity index (χ3v) is 6.94. The molecule has 1 N–H and O–H groups in total. The number of halogens is 1. The highest BCUT2D eigenvalue weighted by Gasteiger charge is 2.32. The lowest BCUT2D eigenvalue weighted by Crippen LogP contribution is -2.43. The van der Waals surface area contributed by atoms with Gasteiger partial charge in [-0.05, 0) is 67.8 Å². The van der Waals surface area contributed by atoms with Gasteiger partial charge in [-0.15, -0.1) is 0 Å². The maximum atomic E-state index is 13.0. The lowest BCUT2D eigenvalue weighted by atomic mass is 10.0. The molecule has 1 saturated heterocycles. The topological polar surface area (TPSA) is 75.7 Å². The fourth-order valence-corrected chi connectivity index (χ4v) is 5.19. The van der Waals surface area contributed by atoms with E-state index >= 15 is 0 Å². The first-order valence-electron chi connectivity index (χ1n) is 9.70. The molecule has 156 valence electrons. The van der Waals surface area contributed by atoms with Crippen molar-refractivity contribution in [3.63, 3.8) is 0 Å². The van der Waals surface area contributed by atoms with Crippen LogP contribution in [0.15, 0.2) is 53.4 Å². The molecule has 3 rings (SSSR count). The van der Waals surface area contributed by atoms with E-state index in [-0.39, 0.29) is 23.4 Å². The summed E-state index contributed by atoms with van der Waals surface area (Å²) in [4.78, 5) is 12.2. The third-order valence-electron chi connectivity index (χ3n) is 4.97. The number of carbonyl (C=O) groups excluding carboxylic acids is 1. The molecular formula is C21H25FN2O4S. The Hall–Kier alpha value is -2.45. The van der Waals surface area contributed by atoms with Crippen LogP contribution in [0.1, 0.15) is 32.6 Å². The number of anilines is 1. The average Bonchev–Trinajstić information content (AvgIpc) is 2.73. The maximum Gasteiger partial charge on any atom is 0.262 e. The van der Waals surface area contributed by atoms with Crippen molar-refractivity contribution in [2.45, 2.75) is 43.5 Å². The monoisotopic (exact) mass is 420 g/mol. The number of piperidine rings is 1. The van der Waals surface area contributed by atoms with Gasteiger partial charge in [0.05, 0.1) is 4.90 Å². The minimum atomic E-state index is -3.55. The lowest BCUT2D eigenvalue weighted by molar-refractivity contribution is -0.118. The average molecular weight is 421 g/mol. The molecule has 1 aliphatic heterocycles. The minimum absolute atomic E-state index is 0.0386. The van der Waals surface area contributed by atoms with Crippen LogP contribution in [0.5, 0.6) is 5.75 Å². The van der Waals surface area contributed by atoms with Crippen LogP contribution in [-0.4, -0.2) is 37.8 Å². The number of rotatable bonds is 7. The van der Waals surface area contributed by atoms with E-state index in [4.69, 9.17) is 4.74 Å². The SMILES string of the molecule is CCC1CCCCN1S(=O)(=O)c1ccc(NC(=O)COc2ccc(F)cc2)cc1. The zero-order valence-electron chi connectivity index (χ0n) is 16.3. The number of amides is 1. The van der Waals surface area contributed by atoms with Gasteiger partial charge in [-0.1, -0.05) is 13.3 Å². The van der Waals surface area contributed by atoms with E-state index in [1.54, 1.807) is 16.4 Å². The first-order chi connectivity index (χ1) is 13.9. The Morgan fingerprint density at radius 2 is 1.83 bits per heavy atom. The molecular weight excluding hydrogens is 395 g/mol. The Bertz CT molecular complexity index is 930. The number of carbonyl (C=O) groups is 1. The van der Waals surface area contributed by atoms with E-state index < -0.39 is 15.9 Å². The molecule has 0 saturated carbocycles. The quantitative estimate of drug-likeness (QED) is 0.739. The van der Waals surface area contributed by atoms with E-state index in [9.17, 15) is 17.6 Å². The van der Waals surface area contributed by atoms with Crippen molar-refractivity contribution in [1.29, 1.82) is 0 Å². The second-order valence-electron chi connectivity index (χ2n) is 6.99. The molecule has 6 nitrogen and oxygen atoms in total. The molecule has 1 amide bonds. The van der Waals surface area contributed by atoms with Crippen molar-refractivity contribution < 1.29 is 22.3 Å². The van der Waals surface area contributed by atoms with Crippen LogP contribution >= 0.6 is 0 Å². The molecule has 1 unspecified atom stereocenters. The summed E-state index contributed by atoms with van der Waals surface area (Å²) in [7, 11) is -3.55. The Kier molecular flexibility index (Phi) is 6.87. The van der Waals surface area contributed by atoms with E-state index in [2.05, 4.69) is 5.32 Å². The van der Waals surface area contributed by atoms with Gasteiger partial charge in [0.15, 0.2) is 6.61 Å². The summed E-state index contributed by atoms with van der Waals surface area (Å²) in [5.74, 6) is -0.395. The van der Waals surface area contributed by atoms with Gasteiger partial charge in [0.1, 0.15) is 11.6 Å². The molecule has 1 fully saturated rings. The molecule has 0 aromatic heterocycles. The van der Waals surface area contributed by atoms with Gasteiger partial charge in [-0.2, -0.15) is 4.31 Å². The molecule has 0 aliphatic carbocycles. The smallest absolute Gasteiger partial charge is 0.262 e. The molecule has 2 aromatic rings. The van der Waals surface area contributed by atoms with Crippen LogP contribution in [0.25, 0.3) is 0 Å². The van der Waals surface area contributed by atoms with Crippen molar-refractivity contribution >= 4 is 21.6 Å². The van der Waals surface area contributed by atoms with Gasteiger partial charge < -0.3 is 10.1 Å². The summed E-state index contributed by atoms with van der Waals surface area (Å²) in [6.45, 7) is 2.31. The fraction of sp³-hybridized carbons (Fsp3) is 0.381. The standard InChI is InChI=1S/C21H25FN2O4S/c1-2-18-5-3-4-14-24(18)29(26,27)20-12-8-17(9-13-20)23-21(25)15-28-19-10-6-16(22)7-11-19/h6-13,18H,2-5,14-15H2,1H3,(H,23,25). The Balaban J connectivity index is 1.60. The van der Waals surface area contributed by atoms with Gasteiger partial charge in [-0.3, -0.25) is 4.79 Å². The van der Waals surface area contributed by atoms with Crippen LogP contribution in [0.4, 0.5) is 10.1 Å².